The van der Waals surface area contributed by atoms with Crippen molar-refractivity contribution in [1.82, 2.24) is 0 Å². The average Bonchev–Trinajstić information content (AvgIpc) is 3.04. The molecule has 1 aliphatic rings. The average molecular weight is 378 g/mol. The summed E-state index contributed by atoms with van der Waals surface area (Å²) in [6, 6.07) is 3.28. The van der Waals surface area contributed by atoms with Crippen LogP contribution in [0.25, 0.3) is 0 Å². The predicted octanol–water partition coefficient (Wildman–Crippen LogP) is 3.66. The standard InChI is InChI=1S/C17H22N4O6/c1-4-17(5-2)9-8-12(16(22)27-3)15(17)19-18-13-7-6-11(20(23)24)10-14(13)21(25)26/h6-7,10,12,18H,4-5,8-9H2,1-3H3/b19-15+. The summed E-state index contributed by atoms with van der Waals surface area (Å²) in [5, 5.41) is 26.5. The fourth-order valence-electron chi connectivity index (χ4n) is 3.59. The van der Waals surface area contributed by atoms with Crippen LogP contribution in [0.2, 0.25) is 0 Å². The second-order valence-corrected chi connectivity index (χ2v) is 6.43. The Morgan fingerprint density at radius 1 is 1.30 bits per heavy atom. The first-order valence-electron chi connectivity index (χ1n) is 8.64. The van der Waals surface area contributed by atoms with E-state index in [-0.39, 0.29) is 16.8 Å². The molecule has 146 valence electrons. The lowest BCUT2D eigenvalue weighted by Crippen LogP contribution is -2.32. The highest BCUT2D eigenvalue weighted by atomic mass is 16.6. The number of carbonyl (C=O) groups is 1. The van der Waals surface area contributed by atoms with Crippen molar-refractivity contribution in [1.29, 1.82) is 0 Å². The van der Waals surface area contributed by atoms with Crippen molar-refractivity contribution in [2.24, 2.45) is 16.4 Å². The van der Waals surface area contributed by atoms with Crippen molar-refractivity contribution in [2.75, 3.05) is 12.5 Å². The van der Waals surface area contributed by atoms with E-state index in [4.69, 9.17) is 4.74 Å². The SMILES string of the molecule is CCC1(CC)CCC(C(=O)OC)/C1=N\Nc1ccc([N+](=O)[O-])cc1[N+](=O)[O-]. The maximum absolute atomic E-state index is 12.1. The van der Waals surface area contributed by atoms with Crippen molar-refractivity contribution in [2.45, 2.75) is 39.5 Å². The number of anilines is 1. The molecule has 0 aromatic heterocycles. The Balaban J connectivity index is 2.44. The van der Waals surface area contributed by atoms with Crippen LogP contribution >= 0.6 is 0 Å². The summed E-state index contributed by atoms with van der Waals surface area (Å²) < 4.78 is 4.87. The van der Waals surface area contributed by atoms with Crippen molar-refractivity contribution in [3.8, 4) is 0 Å². The third kappa shape index (κ3) is 3.88. The number of esters is 1. The van der Waals surface area contributed by atoms with Gasteiger partial charge in [-0.05, 0) is 31.7 Å². The number of hydrazone groups is 1. The second-order valence-electron chi connectivity index (χ2n) is 6.43. The molecule has 10 heteroatoms. The molecule has 1 fully saturated rings. The molecule has 1 saturated carbocycles. The van der Waals surface area contributed by atoms with Gasteiger partial charge in [-0.15, -0.1) is 0 Å². The lowest BCUT2D eigenvalue weighted by Gasteiger charge is -2.27. The molecule has 0 bridgehead atoms. The number of nitro benzene ring substituents is 2. The monoisotopic (exact) mass is 378 g/mol. The molecular weight excluding hydrogens is 356 g/mol. The van der Waals surface area contributed by atoms with E-state index in [2.05, 4.69) is 10.5 Å². The first-order chi connectivity index (χ1) is 12.8. The topological polar surface area (TPSA) is 137 Å². The van der Waals surface area contributed by atoms with E-state index in [1.54, 1.807) is 0 Å². The molecule has 0 heterocycles. The minimum atomic E-state index is -0.713. The number of benzene rings is 1. The van der Waals surface area contributed by atoms with Crippen LogP contribution in [0.15, 0.2) is 23.3 Å². The summed E-state index contributed by atoms with van der Waals surface area (Å²) in [4.78, 5) is 32.8. The molecule has 0 spiro atoms. The van der Waals surface area contributed by atoms with Gasteiger partial charge in [-0.25, -0.2) is 0 Å². The smallest absolute Gasteiger partial charge is 0.314 e. The number of nitro groups is 2. The van der Waals surface area contributed by atoms with Gasteiger partial charge in [0, 0.05) is 11.5 Å². The molecule has 1 atom stereocenters. The molecular formula is C17H22N4O6. The third-order valence-electron chi connectivity index (χ3n) is 5.31. The van der Waals surface area contributed by atoms with E-state index in [1.165, 1.54) is 13.2 Å². The van der Waals surface area contributed by atoms with Crippen LogP contribution in [-0.4, -0.2) is 28.6 Å². The normalized spacial score (nSPS) is 19.7. The van der Waals surface area contributed by atoms with E-state index in [9.17, 15) is 25.0 Å². The number of rotatable bonds is 7. The van der Waals surface area contributed by atoms with Crippen LogP contribution in [0, 0.1) is 31.6 Å². The summed E-state index contributed by atoms with van der Waals surface area (Å²) >= 11 is 0. The quantitative estimate of drug-likeness (QED) is 0.434. The van der Waals surface area contributed by atoms with Crippen LogP contribution in [0.1, 0.15) is 39.5 Å². The van der Waals surface area contributed by atoms with E-state index in [1.807, 2.05) is 13.8 Å². The number of hydrogen-bond acceptors (Lipinski definition) is 8. The van der Waals surface area contributed by atoms with Gasteiger partial charge in [0.05, 0.1) is 34.7 Å². The fraction of sp³-hybridized carbons (Fsp3) is 0.529. The lowest BCUT2D eigenvalue weighted by atomic mass is 9.78. The molecule has 1 aliphatic carbocycles. The highest BCUT2D eigenvalue weighted by Gasteiger charge is 2.46. The van der Waals surface area contributed by atoms with Gasteiger partial charge in [-0.1, -0.05) is 13.8 Å². The van der Waals surface area contributed by atoms with Crippen LogP contribution in [-0.2, 0) is 9.53 Å². The minimum absolute atomic E-state index is 0.0229. The Bertz CT molecular complexity index is 788. The van der Waals surface area contributed by atoms with Gasteiger partial charge in [0.15, 0.2) is 0 Å². The first-order valence-corrected chi connectivity index (χ1v) is 8.64. The number of nitrogens with zero attached hydrogens (tertiary/aromatic N) is 3. The molecule has 0 amide bonds. The number of nitrogens with one attached hydrogen (secondary N) is 1. The van der Waals surface area contributed by atoms with Gasteiger partial charge in [0.25, 0.3) is 5.69 Å². The zero-order valence-corrected chi connectivity index (χ0v) is 15.4. The summed E-state index contributed by atoms with van der Waals surface area (Å²) in [6.45, 7) is 4.01. The second kappa shape index (κ2) is 8.11. The summed E-state index contributed by atoms with van der Waals surface area (Å²) in [5.74, 6) is -0.906. The molecule has 2 rings (SSSR count). The van der Waals surface area contributed by atoms with E-state index in [0.29, 0.717) is 12.1 Å². The van der Waals surface area contributed by atoms with Gasteiger partial charge in [-0.3, -0.25) is 30.4 Å². The Morgan fingerprint density at radius 2 is 1.96 bits per heavy atom. The Morgan fingerprint density at radius 3 is 2.48 bits per heavy atom. The minimum Gasteiger partial charge on any atom is -0.469 e. The van der Waals surface area contributed by atoms with Crippen LogP contribution in [0.3, 0.4) is 0 Å². The van der Waals surface area contributed by atoms with Crippen LogP contribution in [0.5, 0.6) is 0 Å². The molecule has 10 nitrogen and oxygen atoms in total. The Hall–Kier alpha value is -3.04. The molecule has 1 N–H and O–H groups in total. The van der Waals surface area contributed by atoms with E-state index in [0.717, 1.165) is 31.4 Å². The maximum Gasteiger partial charge on any atom is 0.314 e. The Labute approximate surface area is 155 Å². The summed E-state index contributed by atoms with van der Waals surface area (Å²) in [6.07, 6.45) is 2.89. The summed E-state index contributed by atoms with van der Waals surface area (Å²) in [7, 11) is 1.31. The number of ether oxygens (including phenoxy) is 1. The largest absolute Gasteiger partial charge is 0.469 e. The fourth-order valence-corrected chi connectivity index (χ4v) is 3.59. The maximum atomic E-state index is 12.1. The van der Waals surface area contributed by atoms with E-state index < -0.39 is 27.4 Å². The van der Waals surface area contributed by atoms with E-state index >= 15 is 0 Å². The number of non-ortho nitro benzene ring substituents is 1. The lowest BCUT2D eigenvalue weighted by molar-refractivity contribution is -0.393. The molecule has 27 heavy (non-hydrogen) atoms. The van der Waals surface area contributed by atoms with Gasteiger partial charge < -0.3 is 4.74 Å². The van der Waals surface area contributed by atoms with Crippen molar-refractivity contribution in [3.63, 3.8) is 0 Å². The van der Waals surface area contributed by atoms with Crippen LogP contribution in [0.4, 0.5) is 17.1 Å². The molecule has 1 aromatic rings. The van der Waals surface area contributed by atoms with Crippen LogP contribution < -0.4 is 5.43 Å². The number of carbonyl (C=O) groups excluding carboxylic acids is 1. The highest BCUT2D eigenvalue weighted by molar-refractivity contribution is 6.07. The Kier molecular flexibility index (Phi) is 6.09. The molecule has 0 radical (unpaired) electrons. The first kappa shape index (κ1) is 20.3. The zero-order chi connectivity index (χ0) is 20.2. The third-order valence-corrected chi connectivity index (χ3v) is 5.31. The molecule has 0 saturated heterocycles. The van der Waals surface area contributed by atoms with Gasteiger partial charge in [-0.2, -0.15) is 5.10 Å². The van der Waals surface area contributed by atoms with Crippen molar-refractivity contribution in [3.05, 3.63) is 38.4 Å². The number of methoxy groups -OCH3 is 1. The van der Waals surface area contributed by atoms with Gasteiger partial charge in [0.2, 0.25) is 0 Å². The van der Waals surface area contributed by atoms with Gasteiger partial charge in [0.1, 0.15) is 5.69 Å². The zero-order valence-electron chi connectivity index (χ0n) is 15.4. The number of hydrogen-bond donors (Lipinski definition) is 1. The van der Waals surface area contributed by atoms with Crippen molar-refractivity contribution >= 4 is 28.7 Å². The summed E-state index contributed by atoms with van der Waals surface area (Å²) in [5.41, 5.74) is 2.14. The highest BCUT2D eigenvalue weighted by Crippen LogP contribution is 2.45. The van der Waals surface area contributed by atoms with Crippen molar-refractivity contribution < 1.29 is 19.4 Å². The van der Waals surface area contributed by atoms with Gasteiger partial charge >= 0.3 is 11.7 Å². The molecule has 1 aromatic carbocycles. The molecule has 0 aliphatic heterocycles. The predicted molar refractivity (Wildman–Crippen MR) is 98.6 cm³/mol. The molecule has 1 unspecified atom stereocenters.